The van der Waals surface area contributed by atoms with Gasteiger partial charge in [0.1, 0.15) is 0 Å². The second kappa shape index (κ2) is 6.12. The summed E-state index contributed by atoms with van der Waals surface area (Å²) in [5.41, 5.74) is 1.91. The largest absolute Gasteiger partial charge is 0.383 e. The Bertz CT molecular complexity index is 353. The van der Waals surface area contributed by atoms with Crippen LogP contribution >= 0.6 is 0 Å². The Morgan fingerprint density at radius 3 is 2.88 bits per heavy atom. The minimum atomic E-state index is -0.213. The molecule has 0 aliphatic heterocycles. The van der Waals surface area contributed by atoms with Crippen molar-refractivity contribution in [3.63, 3.8) is 0 Å². The summed E-state index contributed by atoms with van der Waals surface area (Å²) in [5, 5.41) is 5.54. The van der Waals surface area contributed by atoms with Crippen molar-refractivity contribution >= 4 is 11.7 Å². The molecule has 4 heteroatoms. The summed E-state index contributed by atoms with van der Waals surface area (Å²) in [5.74, 6) is 0. The SMILES string of the molecule is COC[C@@H](C)NC(=O)Nc1cccc(C)c1. The number of carbonyl (C=O) groups excluding carboxylic acids is 1. The molecule has 2 amide bonds. The maximum absolute atomic E-state index is 11.5. The lowest BCUT2D eigenvalue weighted by Gasteiger charge is -2.13. The molecule has 0 heterocycles. The van der Waals surface area contributed by atoms with Gasteiger partial charge >= 0.3 is 6.03 Å². The number of hydrogen-bond donors (Lipinski definition) is 2. The Labute approximate surface area is 96.0 Å². The van der Waals surface area contributed by atoms with Gasteiger partial charge in [0.2, 0.25) is 0 Å². The molecule has 0 spiro atoms. The van der Waals surface area contributed by atoms with Gasteiger partial charge in [-0.1, -0.05) is 12.1 Å². The zero-order chi connectivity index (χ0) is 12.0. The number of urea groups is 1. The zero-order valence-electron chi connectivity index (χ0n) is 9.91. The number of aryl methyl sites for hydroxylation is 1. The first-order valence-electron chi connectivity index (χ1n) is 5.25. The lowest BCUT2D eigenvalue weighted by molar-refractivity contribution is 0.173. The fourth-order valence-corrected chi connectivity index (χ4v) is 1.41. The van der Waals surface area contributed by atoms with Gasteiger partial charge in [-0.15, -0.1) is 0 Å². The van der Waals surface area contributed by atoms with Crippen LogP contribution in [0.3, 0.4) is 0 Å². The monoisotopic (exact) mass is 222 g/mol. The van der Waals surface area contributed by atoms with E-state index in [4.69, 9.17) is 4.74 Å². The molecular formula is C12H18N2O2. The number of ether oxygens (including phenoxy) is 1. The van der Waals surface area contributed by atoms with Crippen LogP contribution in [0.5, 0.6) is 0 Å². The molecule has 1 aromatic rings. The van der Waals surface area contributed by atoms with Crippen molar-refractivity contribution in [1.29, 1.82) is 0 Å². The molecule has 88 valence electrons. The fraction of sp³-hybridized carbons (Fsp3) is 0.417. The van der Waals surface area contributed by atoms with Crippen LogP contribution in [0.25, 0.3) is 0 Å². The maximum Gasteiger partial charge on any atom is 0.319 e. The molecule has 0 aromatic heterocycles. The van der Waals surface area contributed by atoms with Crippen LogP contribution in [0.1, 0.15) is 12.5 Å². The smallest absolute Gasteiger partial charge is 0.319 e. The van der Waals surface area contributed by atoms with E-state index in [0.717, 1.165) is 11.3 Å². The van der Waals surface area contributed by atoms with Gasteiger partial charge in [0, 0.05) is 12.8 Å². The molecule has 4 nitrogen and oxygen atoms in total. The summed E-state index contributed by atoms with van der Waals surface area (Å²) < 4.78 is 4.93. The number of hydrogen-bond acceptors (Lipinski definition) is 2. The van der Waals surface area contributed by atoms with Crippen LogP contribution in [-0.4, -0.2) is 25.8 Å². The molecule has 0 aliphatic rings. The summed E-state index contributed by atoms with van der Waals surface area (Å²) >= 11 is 0. The lowest BCUT2D eigenvalue weighted by atomic mass is 10.2. The van der Waals surface area contributed by atoms with Gasteiger partial charge in [0.05, 0.1) is 12.6 Å². The number of methoxy groups -OCH3 is 1. The average molecular weight is 222 g/mol. The average Bonchev–Trinajstić information content (AvgIpc) is 2.17. The first-order chi connectivity index (χ1) is 7.61. The van der Waals surface area contributed by atoms with E-state index in [1.807, 2.05) is 38.1 Å². The standard InChI is InChI=1S/C12H18N2O2/c1-9-5-4-6-11(7-9)14-12(15)13-10(2)8-16-3/h4-7,10H,8H2,1-3H3,(H2,13,14,15)/t10-/m1/s1. The highest BCUT2D eigenvalue weighted by molar-refractivity contribution is 5.89. The maximum atomic E-state index is 11.5. The van der Waals surface area contributed by atoms with E-state index >= 15 is 0 Å². The van der Waals surface area contributed by atoms with E-state index in [1.54, 1.807) is 7.11 Å². The number of rotatable bonds is 4. The third-order valence-corrected chi connectivity index (χ3v) is 2.07. The van der Waals surface area contributed by atoms with Crippen molar-refractivity contribution < 1.29 is 9.53 Å². The van der Waals surface area contributed by atoms with E-state index in [2.05, 4.69) is 10.6 Å². The predicted octanol–water partition coefficient (Wildman–Crippen LogP) is 2.15. The molecule has 1 aromatic carbocycles. The van der Waals surface area contributed by atoms with Gasteiger partial charge in [0.25, 0.3) is 0 Å². The fourth-order valence-electron chi connectivity index (χ4n) is 1.41. The van der Waals surface area contributed by atoms with Crippen LogP contribution < -0.4 is 10.6 Å². The topological polar surface area (TPSA) is 50.4 Å². The van der Waals surface area contributed by atoms with Gasteiger partial charge in [-0.25, -0.2) is 4.79 Å². The summed E-state index contributed by atoms with van der Waals surface area (Å²) in [7, 11) is 1.61. The van der Waals surface area contributed by atoms with Crippen LogP contribution in [0, 0.1) is 6.92 Å². The number of amides is 2. The zero-order valence-corrected chi connectivity index (χ0v) is 9.91. The van der Waals surface area contributed by atoms with Crippen molar-refractivity contribution in [3.05, 3.63) is 29.8 Å². The van der Waals surface area contributed by atoms with Crippen LogP contribution in [0.4, 0.5) is 10.5 Å². The molecule has 1 atom stereocenters. The Balaban J connectivity index is 2.45. The predicted molar refractivity (Wildman–Crippen MR) is 64.7 cm³/mol. The first kappa shape index (κ1) is 12.5. The molecule has 0 fully saturated rings. The molecule has 0 bridgehead atoms. The van der Waals surface area contributed by atoms with Crippen LogP contribution in [0.2, 0.25) is 0 Å². The molecule has 0 radical (unpaired) electrons. The molecule has 0 saturated heterocycles. The van der Waals surface area contributed by atoms with Crippen molar-refractivity contribution in [2.24, 2.45) is 0 Å². The number of nitrogens with one attached hydrogen (secondary N) is 2. The van der Waals surface area contributed by atoms with Crippen molar-refractivity contribution in [3.8, 4) is 0 Å². The minimum Gasteiger partial charge on any atom is -0.383 e. The molecule has 0 unspecified atom stereocenters. The van der Waals surface area contributed by atoms with Gasteiger partial charge < -0.3 is 15.4 Å². The second-order valence-corrected chi connectivity index (χ2v) is 3.82. The van der Waals surface area contributed by atoms with Gasteiger partial charge in [0.15, 0.2) is 0 Å². The van der Waals surface area contributed by atoms with Crippen LogP contribution in [0.15, 0.2) is 24.3 Å². The third-order valence-electron chi connectivity index (χ3n) is 2.07. The van der Waals surface area contributed by atoms with Gasteiger partial charge in [-0.05, 0) is 31.5 Å². The highest BCUT2D eigenvalue weighted by Gasteiger charge is 2.06. The van der Waals surface area contributed by atoms with Gasteiger partial charge in [-0.3, -0.25) is 0 Å². The highest BCUT2D eigenvalue weighted by Crippen LogP contribution is 2.08. The van der Waals surface area contributed by atoms with Crippen molar-refractivity contribution in [1.82, 2.24) is 5.32 Å². The minimum absolute atomic E-state index is 0.00481. The summed E-state index contributed by atoms with van der Waals surface area (Å²) in [4.78, 5) is 11.5. The normalized spacial score (nSPS) is 11.9. The Morgan fingerprint density at radius 2 is 2.25 bits per heavy atom. The van der Waals surface area contributed by atoms with E-state index in [1.165, 1.54) is 0 Å². The quantitative estimate of drug-likeness (QED) is 0.820. The molecular weight excluding hydrogens is 204 g/mol. The second-order valence-electron chi connectivity index (χ2n) is 3.82. The summed E-state index contributed by atoms with van der Waals surface area (Å²) in [6.45, 7) is 4.37. The first-order valence-corrected chi connectivity index (χ1v) is 5.25. The van der Waals surface area contributed by atoms with E-state index in [9.17, 15) is 4.79 Å². The Kier molecular flexibility index (Phi) is 4.79. The summed E-state index contributed by atoms with van der Waals surface area (Å²) in [6.07, 6.45) is 0. The molecule has 2 N–H and O–H groups in total. The summed E-state index contributed by atoms with van der Waals surface area (Å²) in [6, 6.07) is 7.44. The van der Waals surface area contributed by atoms with Crippen LogP contribution in [-0.2, 0) is 4.74 Å². The van der Waals surface area contributed by atoms with Crippen molar-refractivity contribution in [2.45, 2.75) is 19.9 Å². The molecule has 0 saturated carbocycles. The molecule has 16 heavy (non-hydrogen) atoms. The number of benzene rings is 1. The van der Waals surface area contributed by atoms with Gasteiger partial charge in [-0.2, -0.15) is 0 Å². The highest BCUT2D eigenvalue weighted by atomic mass is 16.5. The Morgan fingerprint density at radius 1 is 1.50 bits per heavy atom. The van der Waals surface area contributed by atoms with Crippen molar-refractivity contribution in [2.75, 3.05) is 19.0 Å². The lowest BCUT2D eigenvalue weighted by Crippen LogP contribution is -2.38. The Hall–Kier alpha value is -1.55. The molecule has 0 aliphatic carbocycles. The molecule has 1 rings (SSSR count). The van der Waals surface area contributed by atoms with E-state index < -0.39 is 0 Å². The number of carbonyl (C=O) groups is 1. The van der Waals surface area contributed by atoms with E-state index in [-0.39, 0.29) is 12.1 Å². The number of anilines is 1. The van der Waals surface area contributed by atoms with E-state index in [0.29, 0.717) is 6.61 Å². The third kappa shape index (κ3) is 4.31.